The second-order valence-electron chi connectivity index (χ2n) is 3.84. The number of nitrogens with two attached hydrogens (primary N) is 2. The molecule has 0 atom stereocenters. The largest absolute Gasteiger partial charge is 0.497 e. The number of hydrogen-bond donors (Lipinski definition) is 3. The summed E-state index contributed by atoms with van der Waals surface area (Å²) < 4.78 is 6.69. The Bertz CT molecular complexity index is 551. The number of aromatic nitrogens is 2. The van der Waals surface area contributed by atoms with Crippen LogP contribution in [0.15, 0.2) is 24.3 Å². The Labute approximate surface area is 105 Å². The lowest BCUT2D eigenvalue weighted by atomic mass is 10.2. The number of aliphatic hydroxyl groups excluding tert-OH is 1. The number of benzene rings is 1. The van der Waals surface area contributed by atoms with Gasteiger partial charge in [-0.15, -0.1) is 5.10 Å². The lowest BCUT2D eigenvalue weighted by Gasteiger charge is -2.06. The highest BCUT2D eigenvalue weighted by atomic mass is 16.5. The summed E-state index contributed by atoms with van der Waals surface area (Å²) in [7, 11) is 1.59. The minimum atomic E-state index is -0.0157. The Morgan fingerprint density at radius 1 is 1.39 bits per heavy atom. The molecule has 5 N–H and O–H groups in total. The van der Waals surface area contributed by atoms with Gasteiger partial charge in [0, 0.05) is 24.7 Å². The first-order chi connectivity index (χ1) is 8.67. The van der Waals surface area contributed by atoms with E-state index in [4.69, 9.17) is 21.3 Å². The summed E-state index contributed by atoms with van der Waals surface area (Å²) in [6.45, 7) is -0.0157. The molecular formula is C12H16N4O2. The molecule has 0 fully saturated rings. The fraction of sp³-hybridized carbons (Fsp3) is 0.250. The zero-order chi connectivity index (χ0) is 13.1. The maximum absolute atomic E-state index is 8.96. The van der Waals surface area contributed by atoms with Crippen molar-refractivity contribution in [3.63, 3.8) is 0 Å². The van der Waals surface area contributed by atoms with Crippen LogP contribution < -0.4 is 16.2 Å². The SMILES string of the molecule is COc1cccc(-n2nc(N)c(CCO)c2N)c1. The second-order valence-corrected chi connectivity index (χ2v) is 3.84. The molecule has 0 aliphatic carbocycles. The smallest absolute Gasteiger partial charge is 0.151 e. The molecule has 2 rings (SSSR count). The molecule has 96 valence electrons. The Balaban J connectivity index is 2.47. The molecule has 0 aliphatic rings. The van der Waals surface area contributed by atoms with E-state index in [1.807, 2.05) is 24.3 Å². The number of nitrogens with zero attached hydrogens (tertiary/aromatic N) is 2. The molecule has 0 radical (unpaired) electrons. The van der Waals surface area contributed by atoms with E-state index in [1.54, 1.807) is 11.8 Å². The summed E-state index contributed by atoms with van der Waals surface area (Å²) in [5.41, 5.74) is 13.2. The van der Waals surface area contributed by atoms with E-state index < -0.39 is 0 Å². The van der Waals surface area contributed by atoms with Crippen LogP contribution in [0, 0.1) is 0 Å². The number of hydrogen-bond acceptors (Lipinski definition) is 5. The van der Waals surface area contributed by atoms with E-state index in [9.17, 15) is 0 Å². The van der Waals surface area contributed by atoms with Gasteiger partial charge < -0.3 is 21.3 Å². The van der Waals surface area contributed by atoms with Crippen LogP contribution in [0.5, 0.6) is 5.75 Å². The standard InChI is InChI=1S/C12H16N4O2/c1-18-9-4-2-3-8(7-9)16-12(14)10(5-6-17)11(13)15-16/h2-4,7,17H,5-6,14H2,1H3,(H2,13,15). The van der Waals surface area contributed by atoms with Crippen molar-refractivity contribution in [2.75, 3.05) is 25.2 Å². The zero-order valence-corrected chi connectivity index (χ0v) is 10.1. The molecule has 0 saturated carbocycles. The highest BCUT2D eigenvalue weighted by Gasteiger charge is 2.14. The van der Waals surface area contributed by atoms with Crippen LogP contribution in [0.1, 0.15) is 5.56 Å². The maximum Gasteiger partial charge on any atom is 0.151 e. The third-order valence-electron chi connectivity index (χ3n) is 2.71. The topological polar surface area (TPSA) is 99.3 Å². The van der Waals surface area contributed by atoms with Gasteiger partial charge in [-0.1, -0.05) is 6.07 Å². The molecule has 2 aromatic rings. The predicted octanol–water partition coefficient (Wildman–Crippen LogP) is 0.580. The van der Waals surface area contributed by atoms with E-state index in [0.717, 1.165) is 5.69 Å². The van der Waals surface area contributed by atoms with E-state index in [0.29, 0.717) is 29.4 Å². The molecule has 0 unspecified atom stereocenters. The normalized spacial score (nSPS) is 10.6. The fourth-order valence-corrected chi connectivity index (χ4v) is 1.79. The number of nitrogen functional groups attached to an aromatic ring is 2. The molecule has 0 saturated heterocycles. The molecule has 1 aromatic heterocycles. The first-order valence-electron chi connectivity index (χ1n) is 5.55. The molecular weight excluding hydrogens is 232 g/mol. The lowest BCUT2D eigenvalue weighted by Crippen LogP contribution is -2.04. The van der Waals surface area contributed by atoms with E-state index in [2.05, 4.69) is 5.10 Å². The van der Waals surface area contributed by atoms with Crippen LogP contribution in [0.3, 0.4) is 0 Å². The van der Waals surface area contributed by atoms with Gasteiger partial charge in [-0.2, -0.15) is 0 Å². The summed E-state index contributed by atoms with van der Waals surface area (Å²) in [6, 6.07) is 7.35. The average Bonchev–Trinajstić information content (AvgIpc) is 2.67. The second kappa shape index (κ2) is 4.97. The van der Waals surface area contributed by atoms with Crippen molar-refractivity contribution in [1.29, 1.82) is 0 Å². The van der Waals surface area contributed by atoms with Crippen molar-refractivity contribution < 1.29 is 9.84 Å². The van der Waals surface area contributed by atoms with Crippen LogP contribution in [0.4, 0.5) is 11.6 Å². The molecule has 6 heteroatoms. The predicted molar refractivity (Wildman–Crippen MR) is 69.7 cm³/mol. The van der Waals surface area contributed by atoms with Crippen LogP contribution in [0.25, 0.3) is 5.69 Å². The summed E-state index contributed by atoms with van der Waals surface area (Å²) in [5.74, 6) is 1.49. The minimum Gasteiger partial charge on any atom is -0.497 e. The van der Waals surface area contributed by atoms with Crippen molar-refractivity contribution in [2.24, 2.45) is 0 Å². The monoisotopic (exact) mass is 248 g/mol. The molecule has 1 heterocycles. The highest BCUT2D eigenvalue weighted by molar-refractivity contribution is 5.58. The van der Waals surface area contributed by atoms with Crippen molar-refractivity contribution in [1.82, 2.24) is 9.78 Å². The third-order valence-corrected chi connectivity index (χ3v) is 2.71. The van der Waals surface area contributed by atoms with Gasteiger partial charge in [-0.3, -0.25) is 0 Å². The van der Waals surface area contributed by atoms with Gasteiger partial charge in [-0.25, -0.2) is 4.68 Å². The quantitative estimate of drug-likeness (QED) is 0.735. The summed E-state index contributed by atoms with van der Waals surface area (Å²) in [6.07, 6.45) is 0.391. The number of anilines is 2. The average molecular weight is 248 g/mol. The Kier molecular flexibility index (Phi) is 3.38. The third kappa shape index (κ3) is 2.10. The van der Waals surface area contributed by atoms with Crippen molar-refractivity contribution in [3.8, 4) is 11.4 Å². The van der Waals surface area contributed by atoms with Crippen LogP contribution in [-0.4, -0.2) is 28.6 Å². The molecule has 1 aromatic carbocycles. The maximum atomic E-state index is 8.96. The van der Waals surface area contributed by atoms with Gasteiger partial charge in [-0.05, 0) is 12.1 Å². The van der Waals surface area contributed by atoms with Crippen molar-refractivity contribution >= 4 is 11.6 Å². The van der Waals surface area contributed by atoms with Gasteiger partial charge in [0.05, 0.1) is 12.8 Å². The van der Waals surface area contributed by atoms with E-state index in [-0.39, 0.29) is 6.61 Å². The molecule has 6 nitrogen and oxygen atoms in total. The molecule has 0 amide bonds. The van der Waals surface area contributed by atoms with E-state index in [1.165, 1.54) is 0 Å². The van der Waals surface area contributed by atoms with Crippen molar-refractivity contribution in [2.45, 2.75) is 6.42 Å². The van der Waals surface area contributed by atoms with Gasteiger partial charge in [0.1, 0.15) is 11.6 Å². The highest BCUT2D eigenvalue weighted by Crippen LogP contribution is 2.25. The summed E-state index contributed by atoms with van der Waals surface area (Å²) in [4.78, 5) is 0. The van der Waals surface area contributed by atoms with Crippen LogP contribution >= 0.6 is 0 Å². The van der Waals surface area contributed by atoms with Gasteiger partial charge in [0.2, 0.25) is 0 Å². The van der Waals surface area contributed by atoms with Crippen LogP contribution in [0.2, 0.25) is 0 Å². The molecule has 0 bridgehead atoms. The van der Waals surface area contributed by atoms with Crippen molar-refractivity contribution in [3.05, 3.63) is 29.8 Å². The number of ether oxygens (including phenoxy) is 1. The lowest BCUT2D eigenvalue weighted by molar-refractivity contribution is 0.300. The number of aliphatic hydroxyl groups is 1. The molecule has 18 heavy (non-hydrogen) atoms. The molecule has 0 spiro atoms. The first-order valence-corrected chi connectivity index (χ1v) is 5.55. The van der Waals surface area contributed by atoms with E-state index >= 15 is 0 Å². The number of rotatable bonds is 4. The minimum absolute atomic E-state index is 0.0157. The zero-order valence-electron chi connectivity index (χ0n) is 10.1. The van der Waals surface area contributed by atoms with Gasteiger partial charge >= 0.3 is 0 Å². The fourth-order valence-electron chi connectivity index (χ4n) is 1.79. The summed E-state index contributed by atoms with van der Waals surface area (Å²) in [5, 5.41) is 13.1. The Morgan fingerprint density at radius 3 is 2.83 bits per heavy atom. The van der Waals surface area contributed by atoms with Crippen LogP contribution in [-0.2, 0) is 6.42 Å². The first kappa shape index (κ1) is 12.3. The Morgan fingerprint density at radius 2 is 2.17 bits per heavy atom. The summed E-state index contributed by atoms with van der Waals surface area (Å²) >= 11 is 0. The van der Waals surface area contributed by atoms with Gasteiger partial charge in [0.15, 0.2) is 5.82 Å². The number of methoxy groups -OCH3 is 1. The molecule has 0 aliphatic heterocycles. The Hall–Kier alpha value is -2.21. The van der Waals surface area contributed by atoms with Gasteiger partial charge in [0.25, 0.3) is 0 Å².